The van der Waals surface area contributed by atoms with E-state index in [1.165, 1.54) is 11.1 Å². The number of carbonyl (C=O) groups is 1. The second-order valence-electron chi connectivity index (χ2n) is 8.53. The highest BCUT2D eigenvalue weighted by Crippen LogP contribution is 2.29. The number of hydrogen-bond donors (Lipinski definition) is 2. The average Bonchev–Trinajstić information content (AvgIpc) is 3.38. The standard InChI is InChI=1S/C30H30N2O2/c1-21-18-29(25-11-13-27(14-12-25)31-20-28-10-7-15-34-28)22(2)16-26(21)17-23(3)30(33)32-19-24-8-5-4-6-9-24/h4-18,31H,19-20H2,1-3H3,(H,32,33)/b23-17+. The van der Waals surface area contributed by atoms with Gasteiger partial charge in [0.05, 0.1) is 12.8 Å². The topological polar surface area (TPSA) is 54.3 Å². The first kappa shape index (κ1) is 23.1. The molecule has 1 heterocycles. The highest BCUT2D eigenvalue weighted by molar-refractivity contribution is 5.97. The van der Waals surface area contributed by atoms with Crippen molar-refractivity contribution in [3.05, 3.63) is 119 Å². The third-order valence-electron chi connectivity index (χ3n) is 5.88. The summed E-state index contributed by atoms with van der Waals surface area (Å²) in [4.78, 5) is 12.6. The van der Waals surface area contributed by atoms with E-state index in [2.05, 4.69) is 60.9 Å². The fraction of sp³-hybridized carbons (Fsp3) is 0.167. The predicted octanol–water partition coefficient (Wildman–Crippen LogP) is 6.90. The second-order valence-corrected chi connectivity index (χ2v) is 8.53. The molecule has 172 valence electrons. The van der Waals surface area contributed by atoms with Gasteiger partial charge in [-0.3, -0.25) is 4.79 Å². The number of furan rings is 1. The van der Waals surface area contributed by atoms with E-state index in [9.17, 15) is 4.79 Å². The third kappa shape index (κ3) is 5.84. The molecule has 4 rings (SSSR count). The van der Waals surface area contributed by atoms with Crippen molar-refractivity contribution in [2.45, 2.75) is 33.9 Å². The Hall–Kier alpha value is -4.05. The van der Waals surface area contributed by atoms with Gasteiger partial charge < -0.3 is 15.1 Å². The number of aryl methyl sites for hydroxylation is 2. The van der Waals surface area contributed by atoms with Gasteiger partial charge in [-0.05, 0) is 84.5 Å². The molecule has 1 amide bonds. The summed E-state index contributed by atoms with van der Waals surface area (Å²) in [7, 11) is 0. The number of rotatable bonds is 8. The van der Waals surface area contributed by atoms with Crippen molar-refractivity contribution < 1.29 is 9.21 Å². The van der Waals surface area contributed by atoms with Crippen molar-refractivity contribution in [3.63, 3.8) is 0 Å². The van der Waals surface area contributed by atoms with Gasteiger partial charge in [0.1, 0.15) is 5.76 Å². The van der Waals surface area contributed by atoms with Crippen LogP contribution in [0.25, 0.3) is 17.2 Å². The minimum atomic E-state index is -0.0531. The molecule has 0 aliphatic carbocycles. The molecule has 0 atom stereocenters. The van der Waals surface area contributed by atoms with Crippen molar-refractivity contribution in [1.82, 2.24) is 5.32 Å². The summed E-state index contributed by atoms with van der Waals surface area (Å²) in [5, 5.41) is 6.37. The summed E-state index contributed by atoms with van der Waals surface area (Å²) in [5.74, 6) is 0.853. The van der Waals surface area contributed by atoms with E-state index >= 15 is 0 Å². The Labute approximate surface area is 201 Å². The van der Waals surface area contributed by atoms with Crippen LogP contribution >= 0.6 is 0 Å². The summed E-state index contributed by atoms with van der Waals surface area (Å²) in [6.45, 7) is 7.23. The molecule has 34 heavy (non-hydrogen) atoms. The molecule has 0 fully saturated rings. The lowest BCUT2D eigenvalue weighted by atomic mass is 9.94. The fourth-order valence-electron chi connectivity index (χ4n) is 3.89. The average molecular weight is 451 g/mol. The van der Waals surface area contributed by atoms with Crippen molar-refractivity contribution >= 4 is 17.7 Å². The molecular weight excluding hydrogens is 420 g/mol. The minimum Gasteiger partial charge on any atom is -0.467 e. The number of hydrogen-bond acceptors (Lipinski definition) is 3. The van der Waals surface area contributed by atoms with Gasteiger partial charge in [0.2, 0.25) is 5.91 Å². The first-order chi connectivity index (χ1) is 16.5. The third-order valence-corrected chi connectivity index (χ3v) is 5.88. The number of benzene rings is 3. The Morgan fingerprint density at radius 3 is 2.35 bits per heavy atom. The van der Waals surface area contributed by atoms with Crippen LogP contribution in [-0.4, -0.2) is 5.91 Å². The van der Waals surface area contributed by atoms with E-state index < -0.39 is 0 Å². The highest BCUT2D eigenvalue weighted by Gasteiger charge is 2.09. The van der Waals surface area contributed by atoms with Gasteiger partial charge in [-0.2, -0.15) is 0 Å². The van der Waals surface area contributed by atoms with E-state index in [0.717, 1.165) is 33.7 Å². The first-order valence-corrected chi connectivity index (χ1v) is 11.5. The zero-order valence-corrected chi connectivity index (χ0v) is 19.9. The lowest BCUT2D eigenvalue weighted by molar-refractivity contribution is -0.117. The van der Waals surface area contributed by atoms with Crippen molar-refractivity contribution in [2.24, 2.45) is 0 Å². The Morgan fingerprint density at radius 2 is 1.65 bits per heavy atom. The van der Waals surface area contributed by atoms with Crippen LogP contribution in [0.2, 0.25) is 0 Å². The molecule has 1 aromatic heterocycles. The smallest absolute Gasteiger partial charge is 0.247 e. The molecule has 4 aromatic rings. The lowest BCUT2D eigenvalue weighted by Gasteiger charge is -2.13. The molecule has 3 aromatic carbocycles. The van der Waals surface area contributed by atoms with Gasteiger partial charge >= 0.3 is 0 Å². The van der Waals surface area contributed by atoms with Gasteiger partial charge in [-0.15, -0.1) is 0 Å². The van der Waals surface area contributed by atoms with Crippen LogP contribution in [0, 0.1) is 13.8 Å². The van der Waals surface area contributed by atoms with Crippen LogP contribution in [0.15, 0.2) is 95.1 Å². The fourth-order valence-corrected chi connectivity index (χ4v) is 3.89. The molecule has 2 N–H and O–H groups in total. The molecule has 0 aliphatic heterocycles. The Bertz CT molecular complexity index is 1270. The highest BCUT2D eigenvalue weighted by atomic mass is 16.3. The summed E-state index contributed by atoms with van der Waals surface area (Å²) >= 11 is 0. The van der Waals surface area contributed by atoms with Gasteiger partial charge in [0, 0.05) is 17.8 Å². The first-order valence-electron chi connectivity index (χ1n) is 11.5. The van der Waals surface area contributed by atoms with Crippen LogP contribution in [0.1, 0.15) is 34.9 Å². The van der Waals surface area contributed by atoms with E-state index in [0.29, 0.717) is 18.7 Å². The van der Waals surface area contributed by atoms with Crippen LogP contribution < -0.4 is 10.6 Å². The largest absolute Gasteiger partial charge is 0.467 e. The molecule has 0 saturated carbocycles. The van der Waals surface area contributed by atoms with Crippen molar-refractivity contribution in [3.8, 4) is 11.1 Å². The molecule has 0 radical (unpaired) electrons. The normalized spacial score (nSPS) is 11.3. The molecule has 0 aliphatic rings. The maximum absolute atomic E-state index is 12.6. The van der Waals surface area contributed by atoms with E-state index in [1.807, 2.05) is 55.5 Å². The molecule has 0 saturated heterocycles. The number of carbonyl (C=O) groups excluding carboxylic acids is 1. The van der Waals surface area contributed by atoms with E-state index in [4.69, 9.17) is 4.42 Å². The number of nitrogens with one attached hydrogen (secondary N) is 2. The SMILES string of the molecule is C/C(=C\c1cc(C)c(-c2ccc(NCc3ccco3)cc2)cc1C)C(=O)NCc1ccccc1. The minimum absolute atomic E-state index is 0.0531. The van der Waals surface area contributed by atoms with E-state index in [-0.39, 0.29) is 5.91 Å². The van der Waals surface area contributed by atoms with Gasteiger partial charge in [-0.1, -0.05) is 54.6 Å². The van der Waals surface area contributed by atoms with Crippen LogP contribution in [-0.2, 0) is 17.9 Å². The Morgan fingerprint density at radius 1 is 0.882 bits per heavy atom. The Balaban J connectivity index is 1.44. The monoisotopic (exact) mass is 450 g/mol. The number of amides is 1. The predicted molar refractivity (Wildman–Crippen MR) is 139 cm³/mol. The van der Waals surface area contributed by atoms with Crippen LogP contribution in [0.3, 0.4) is 0 Å². The van der Waals surface area contributed by atoms with Gasteiger partial charge in [-0.25, -0.2) is 0 Å². The maximum Gasteiger partial charge on any atom is 0.247 e. The molecule has 0 bridgehead atoms. The summed E-state index contributed by atoms with van der Waals surface area (Å²) in [5.41, 5.74) is 8.55. The second kappa shape index (κ2) is 10.7. The zero-order chi connectivity index (χ0) is 23.9. The number of anilines is 1. The van der Waals surface area contributed by atoms with Gasteiger partial charge in [0.15, 0.2) is 0 Å². The molecule has 4 heteroatoms. The van der Waals surface area contributed by atoms with Crippen molar-refractivity contribution in [1.29, 1.82) is 0 Å². The zero-order valence-electron chi connectivity index (χ0n) is 19.9. The molecular formula is C30H30N2O2. The van der Waals surface area contributed by atoms with Gasteiger partial charge in [0.25, 0.3) is 0 Å². The quantitative estimate of drug-likeness (QED) is 0.287. The summed E-state index contributed by atoms with van der Waals surface area (Å²) < 4.78 is 5.37. The molecule has 0 spiro atoms. The lowest BCUT2D eigenvalue weighted by Crippen LogP contribution is -2.23. The summed E-state index contributed by atoms with van der Waals surface area (Å²) in [6.07, 6.45) is 3.65. The summed E-state index contributed by atoms with van der Waals surface area (Å²) in [6, 6.07) is 26.6. The maximum atomic E-state index is 12.6. The Kier molecular flexibility index (Phi) is 7.28. The van der Waals surface area contributed by atoms with Crippen LogP contribution in [0.4, 0.5) is 5.69 Å². The van der Waals surface area contributed by atoms with E-state index in [1.54, 1.807) is 6.26 Å². The van der Waals surface area contributed by atoms with Crippen molar-refractivity contribution in [2.75, 3.05) is 5.32 Å². The molecule has 0 unspecified atom stereocenters. The van der Waals surface area contributed by atoms with Crippen LogP contribution in [0.5, 0.6) is 0 Å². The molecule has 4 nitrogen and oxygen atoms in total.